The summed E-state index contributed by atoms with van der Waals surface area (Å²) in [5, 5.41) is 5.27. The summed E-state index contributed by atoms with van der Waals surface area (Å²) in [7, 11) is 0. The number of anilines is 1. The van der Waals surface area contributed by atoms with E-state index in [0.717, 1.165) is 17.9 Å². The summed E-state index contributed by atoms with van der Waals surface area (Å²) in [6, 6.07) is 2.09. The highest BCUT2D eigenvalue weighted by atomic mass is 32.1. The second-order valence-electron chi connectivity index (χ2n) is 2.70. The molecular weight excluding hydrogens is 202 g/mol. The lowest BCUT2D eigenvalue weighted by Gasteiger charge is -1.98. The third kappa shape index (κ3) is 2.26. The topological polar surface area (TPSA) is 37.8 Å². The van der Waals surface area contributed by atoms with Crippen LogP contribution >= 0.6 is 23.1 Å². The molecule has 3 nitrogen and oxygen atoms in total. The number of nitrogens with one attached hydrogen (secondary N) is 1. The van der Waals surface area contributed by atoms with Gasteiger partial charge >= 0.3 is 0 Å². The average molecular weight is 211 g/mol. The predicted octanol–water partition coefficient (Wildman–Crippen LogP) is 2.52. The van der Waals surface area contributed by atoms with Gasteiger partial charge in [0.15, 0.2) is 0 Å². The zero-order valence-corrected chi connectivity index (χ0v) is 8.78. The molecule has 2 aromatic heterocycles. The van der Waals surface area contributed by atoms with Gasteiger partial charge in [-0.3, -0.25) is 0 Å². The Morgan fingerprint density at radius 2 is 2.46 bits per heavy atom. The van der Waals surface area contributed by atoms with Crippen LogP contribution < -0.4 is 5.32 Å². The first-order chi connectivity index (χ1) is 6.34. The lowest BCUT2D eigenvalue weighted by Crippen LogP contribution is -1.95. The highest BCUT2D eigenvalue weighted by Gasteiger charge is 1.98. The van der Waals surface area contributed by atoms with Crippen molar-refractivity contribution < 1.29 is 0 Å². The Morgan fingerprint density at radius 3 is 3.08 bits per heavy atom. The molecule has 0 unspecified atom stereocenters. The summed E-state index contributed by atoms with van der Waals surface area (Å²) >= 11 is 3.00. The molecular formula is C8H9N3S2. The number of hydrogen-bond acceptors (Lipinski definition) is 5. The van der Waals surface area contributed by atoms with Gasteiger partial charge in [0.2, 0.25) is 0 Å². The van der Waals surface area contributed by atoms with Gasteiger partial charge in [0, 0.05) is 10.3 Å². The van der Waals surface area contributed by atoms with Crippen LogP contribution in [0, 0.1) is 6.92 Å². The van der Waals surface area contributed by atoms with E-state index in [4.69, 9.17) is 0 Å². The van der Waals surface area contributed by atoms with Crippen LogP contribution in [0.5, 0.6) is 0 Å². The molecule has 0 spiro atoms. The fourth-order valence-electron chi connectivity index (χ4n) is 0.981. The molecule has 0 radical (unpaired) electrons. The molecule has 0 saturated heterocycles. The van der Waals surface area contributed by atoms with E-state index >= 15 is 0 Å². The molecule has 0 fully saturated rings. The van der Waals surface area contributed by atoms with Crippen LogP contribution in [-0.4, -0.2) is 8.75 Å². The summed E-state index contributed by atoms with van der Waals surface area (Å²) < 4.78 is 8.21. The molecule has 5 heteroatoms. The Kier molecular flexibility index (Phi) is 2.56. The summed E-state index contributed by atoms with van der Waals surface area (Å²) in [5.41, 5.74) is 2.17. The van der Waals surface area contributed by atoms with Crippen LogP contribution in [0.1, 0.15) is 10.6 Å². The Hall–Kier alpha value is -0.940. The maximum Gasteiger partial charge on any atom is 0.0655 e. The first kappa shape index (κ1) is 8.65. The SMILES string of the molecule is Cc1cc(CNc2cnsc2)sn1. The maximum absolute atomic E-state index is 4.21. The normalized spacial score (nSPS) is 10.2. The van der Waals surface area contributed by atoms with Crippen LogP contribution in [0.3, 0.4) is 0 Å². The van der Waals surface area contributed by atoms with Crippen LogP contribution in [-0.2, 0) is 6.54 Å². The van der Waals surface area contributed by atoms with Gasteiger partial charge in [-0.1, -0.05) is 0 Å². The van der Waals surface area contributed by atoms with Crippen LogP contribution in [0.2, 0.25) is 0 Å². The van der Waals surface area contributed by atoms with E-state index in [2.05, 4.69) is 20.1 Å². The highest BCUT2D eigenvalue weighted by molar-refractivity contribution is 7.05. The van der Waals surface area contributed by atoms with E-state index in [1.54, 1.807) is 11.5 Å². The van der Waals surface area contributed by atoms with Crippen molar-refractivity contribution in [1.82, 2.24) is 8.75 Å². The molecule has 13 heavy (non-hydrogen) atoms. The van der Waals surface area contributed by atoms with Gasteiger partial charge < -0.3 is 5.32 Å². The van der Waals surface area contributed by atoms with Crippen molar-refractivity contribution >= 4 is 28.8 Å². The van der Waals surface area contributed by atoms with E-state index in [9.17, 15) is 0 Å². The minimum absolute atomic E-state index is 0.837. The maximum atomic E-state index is 4.21. The summed E-state index contributed by atoms with van der Waals surface area (Å²) in [4.78, 5) is 1.25. The molecule has 0 aliphatic carbocycles. The van der Waals surface area contributed by atoms with Gasteiger partial charge in [0.1, 0.15) is 0 Å². The summed E-state index contributed by atoms with van der Waals surface area (Å²) in [6.07, 6.45) is 1.83. The van der Waals surface area contributed by atoms with Crippen molar-refractivity contribution in [2.75, 3.05) is 5.32 Å². The molecule has 2 rings (SSSR count). The van der Waals surface area contributed by atoms with Crippen molar-refractivity contribution in [2.45, 2.75) is 13.5 Å². The first-order valence-electron chi connectivity index (χ1n) is 3.90. The van der Waals surface area contributed by atoms with Crippen molar-refractivity contribution in [1.29, 1.82) is 0 Å². The standard InChI is InChI=1S/C8H9N3S2/c1-6-2-8(13-11-6)4-9-7-3-10-12-5-7/h2-3,5,9H,4H2,1H3. The molecule has 68 valence electrons. The largest absolute Gasteiger partial charge is 0.378 e. The molecule has 0 aromatic carbocycles. The minimum Gasteiger partial charge on any atom is -0.378 e. The van der Waals surface area contributed by atoms with Crippen molar-refractivity contribution in [3.63, 3.8) is 0 Å². The smallest absolute Gasteiger partial charge is 0.0655 e. The van der Waals surface area contributed by atoms with Gasteiger partial charge in [-0.15, -0.1) is 0 Å². The van der Waals surface area contributed by atoms with Crippen molar-refractivity contribution in [3.8, 4) is 0 Å². The lowest BCUT2D eigenvalue weighted by molar-refractivity contribution is 1.19. The van der Waals surface area contributed by atoms with E-state index in [-0.39, 0.29) is 0 Å². The van der Waals surface area contributed by atoms with Crippen molar-refractivity contribution in [3.05, 3.63) is 28.2 Å². The molecule has 1 N–H and O–H groups in total. The molecule has 0 saturated carbocycles. The number of aryl methyl sites for hydroxylation is 1. The zero-order chi connectivity index (χ0) is 9.10. The number of hydrogen-bond donors (Lipinski definition) is 1. The second kappa shape index (κ2) is 3.85. The molecule has 0 atom stereocenters. The Morgan fingerprint density at radius 1 is 1.54 bits per heavy atom. The minimum atomic E-state index is 0.837. The van der Waals surface area contributed by atoms with E-state index in [1.807, 2.05) is 18.5 Å². The van der Waals surface area contributed by atoms with E-state index < -0.39 is 0 Å². The number of rotatable bonds is 3. The van der Waals surface area contributed by atoms with Crippen LogP contribution in [0.4, 0.5) is 5.69 Å². The average Bonchev–Trinajstić information content (AvgIpc) is 2.71. The van der Waals surface area contributed by atoms with Gasteiger partial charge in [-0.2, -0.15) is 8.75 Å². The Labute approximate surface area is 84.8 Å². The molecule has 0 aliphatic heterocycles. The molecule has 2 heterocycles. The Balaban J connectivity index is 1.93. The van der Waals surface area contributed by atoms with E-state index in [1.165, 1.54) is 16.4 Å². The molecule has 2 aromatic rings. The van der Waals surface area contributed by atoms with Gasteiger partial charge in [-0.25, -0.2) is 0 Å². The second-order valence-corrected chi connectivity index (χ2v) is 4.25. The number of aromatic nitrogens is 2. The van der Waals surface area contributed by atoms with Crippen molar-refractivity contribution in [2.24, 2.45) is 0 Å². The zero-order valence-electron chi connectivity index (χ0n) is 7.15. The third-order valence-corrected chi connectivity index (χ3v) is 3.04. The summed E-state index contributed by atoms with van der Waals surface area (Å²) in [6.45, 7) is 2.84. The van der Waals surface area contributed by atoms with Gasteiger partial charge in [0.05, 0.1) is 24.1 Å². The van der Waals surface area contributed by atoms with Gasteiger partial charge in [-0.05, 0) is 36.1 Å². The Bertz CT molecular complexity index is 366. The molecule has 0 amide bonds. The quantitative estimate of drug-likeness (QED) is 0.847. The third-order valence-electron chi connectivity index (χ3n) is 1.58. The first-order valence-corrected chi connectivity index (χ1v) is 5.51. The van der Waals surface area contributed by atoms with Gasteiger partial charge in [0.25, 0.3) is 0 Å². The highest BCUT2D eigenvalue weighted by Crippen LogP contribution is 2.13. The monoisotopic (exact) mass is 211 g/mol. The molecule has 0 aliphatic rings. The lowest BCUT2D eigenvalue weighted by atomic mass is 10.4. The van der Waals surface area contributed by atoms with Crippen LogP contribution in [0.15, 0.2) is 17.6 Å². The predicted molar refractivity (Wildman–Crippen MR) is 56.3 cm³/mol. The van der Waals surface area contributed by atoms with Crippen LogP contribution in [0.25, 0.3) is 0 Å². The summed E-state index contributed by atoms with van der Waals surface area (Å²) in [5.74, 6) is 0. The fraction of sp³-hybridized carbons (Fsp3) is 0.250. The number of nitrogens with zero attached hydrogens (tertiary/aromatic N) is 2. The fourth-order valence-corrected chi connectivity index (χ4v) is 2.15. The molecule has 0 bridgehead atoms. The van der Waals surface area contributed by atoms with E-state index in [0.29, 0.717) is 0 Å².